The fourth-order valence-electron chi connectivity index (χ4n) is 1.08. The number of amides is 1. The molecule has 0 radical (unpaired) electrons. The Hall–Kier alpha value is -2.65. The van der Waals surface area contributed by atoms with E-state index in [9.17, 15) is 14.4 Å². The summed E-state index contributed by atoms with van der Waals surface area (Å²) in [7, 11) is 0. The molecule has 1 aromatic rings. The minimum Gasteiger partial charge on any atom is -0.479 e. The van der Waals surface area contributed by atoms with E-state index in [0.717, 1.165) is 5.69 Å². The predicted molar refractivity (Wildman–Crippen MR) is 74.4 cm³/mol. The molecule has 1 aromatic carbocycles. The highest BCUT2D eigenvalue weighted by molar-refractivity contribution is 5.84. The maximum absolute atomic E-state index is 10.9. The van der Waals surface area contributed by atoms with Crippen molar-refractivity contribution >= 4 is 23.7 Å². The maximum Gasteiger partial charge on any atom is 0.411 e. The molecule has 0 aliphatic carbocycles. The monoisotopic (exact) mass is 315 g/mol. The van der Waals surface area contributed by atoms with Gasteiger partial charge in [0.05, 0.1) is 6.61 Å². The van der Waals surface area contributed by atoms with Crippen LogP contribution in [0.1, 0.15) is 6.92 Å². The Kier molecular flexibility index (Phi) is 8.91. The lowest BCUT2D eigenvalue weighted by molar-refractivity contribution is -0.165. The highest BCUT2D eigenvalue weighted by atomic mass is 16.5. The number of aliphatic hydroxyl groups is 2. The molecule has 2 atom stereocenters. The molecule has 0 saturated heterocycles. The zero-order valence-corrected chi connectivity index (χ0v) is 11.7. The Labute approximate surface area is 125 Å². The smallest absolute Gasteiger partial charge is 0.411 e. The number of carboxylic acid groups (broad SMARTS) is 2. The molecule has 0 heterocycles. The molecular weight excluding hydrogens is 298 g/mol. The zero-order valence-electron chi connectivity index (χ0n) is 11.7. The van der Waals surface area contributed by atoms with E-state index < -0.39 is 30.2 Å². The molecule has 0 aliphatic rings. The van der Waals surface area contributed by atoms with Crippen molar-refractivity contribution in [1.29, 1.82) is 0 Å². The number of ether oxygens (including phenoxy) is 1. The van der Waals surface area contributed by atoms with Crippen LogP contribution in [0.25, 0.3) is 0 Å². The van der Waals surface area contributed by atoms with E-state index in [0.29, 0.717) is 6.61 Å². The number of hydrogen-bond donors (Lipinski definition) is 5. The van der Waals surface area contributed by atoms with E-state index in [1.165, 1.54) is 0 Å². The number of carbonyl (C=O) groups is 3. The standard InChI is InChI=1S/C9H11NO2.C4H6O6/c1-2-12-9(11)10-8-6-4-3-5-7-8;5-1(3(7)8)2(6)4(9)10/h3-7H,2H2,1H3,(H,10,11);1-2,5-6H,(H,7,8)(H,9,10). The SMILES string of the molecule is CCOC(=O)Nc1ccccc1.O=C(O)C(O)C(O)C(=O)O. The van der Waals surface area contributed by atoms with Crippen LogP contribution in [0.3, 0.4) is 0 Å². The number of carbonyl (C=O) groups excluding carboxylic acids is 1. The fourth-order valence-corrected chi connectivity index (χ4v) is 1.08. The summed E-state index contributed by atoms with van der Waals surface area (Å²) in [5.74, 6) is -3.54. The number of aliphatic hydroxyl groups excluding tert-OH is 2. The van der Waals surface area contributed by atoms with Crippen LogP contribution in [0.4, 0.5) is 10.5 Å². The van der Waals surface area contributed by atoms with E-state index in [2.05, 4.69) is 5.32 Å². The summed E-state index contributed by atoms with van der Waals surface area (Å²) in [6, 6.07) is 9.19. The molecule has 9 heteroatoms. The topological polar surface area (TPSA) is 153 Å². The van der Waals surface area contributed by atoms with E-state index in [1.807, 2.05) is 18.2 Å². The van der Waals surface area contributed by atoms with Crippen LogP contribution in [0.2, 0.25) is 0 Å². The zero-order chi connectivity index (χ0) is 17.1. The largest absolute Gasteiger partial charge is 0.479 e. The van der Waals surface area contributed by atoms with E-state index >= 15 is 0 Å². The number of hydrogen-bond acceptors (Lipinski definition) is 6. The van der Waals surface area contributed by atoms with Gasteiger partial charge in [0.25, 0.3) is 0 Å². The van der Waals surface area contributed by atoms with Crippen molar-refractivity contribution in [2.45, 2.75) is 19.1 Å². The first kappa shape index (κ1) is 19.4. The van der Waals surface area contributed by atoms with Crippen LogP contribution >= 0.6 is 0 Å². The van der Waals surface area contributed by atoms with E-state index in [1.54, 1.807) is 19.1 Å². The van der Waals surface area contributed by atoms with Gasteiger partial charge in [-0.25, -0.2) is 14.4 Å². The summed E-state index contributed by atoms with van der Waals surface area (Å²) in [6.07, 6.45) is -4.95. The lowest BCUT2D eigenvalue weighted by atomic mass is 10.2. The lowest BCUT2D eigenvalue weighted by Gasteiger charge is -2.07. The quantitative estimate of drug-likeness (QED) is 0.514. The number of aliphatic carboxylic acids is 2. The van der Waals surface area contributed by atoms with Crippen molar-refractivity contribution in [2.75, 3.05) is 11.9 Å². The third kappa shape index (κ3) is 7.82. The highest BCUT2D eigenvalue weighted by Gasteiger charge is 2.29. The Morgan fingerprint density at radius 1 is 1.05 bits per heavy atom. The first-order valence-electron chi connectivity index (χ1n) is 6.10. The average molecular weight is 315 g/mol. The number of carboxylic acids is 2. The van der Waals surface area contributed by atoms with Crippen molar-refractivity contribution in [1.82, 2.24) is 0 Å². The molecule has 5 N–H and O–H groups in total. The summed E-state index contributed by atoms with van der Waals surface area (Å²) in [6.45, 7) is 2.16. The summed E-state index contributed by atoms with van der Waals surface area (Å²) >= 11 is 0. The van der Waals surface area contributed by atoms with Crippen LogP contribution in [0.5, 0.6) is 0 Å². The molecule has 122 valence electrons. The first-order valence-corrected chi connectivity index (χ1v) is 6.10. The second-order valence-electron chi connectivity index (χ2n) is 3.78. The number of rotatable bonds is 5. The van der Waals surface area contributed by atoms with Crippen molar-refractivity contribution in [3.8, 4) is 0 Å². The van der Waals surface area contributed by atoms with Gasteiger partial charge >= 0.3 is 18.0 Å². The third-order valence-electron chi connectivity index (χ3n) is 2.10. The second kappa shape index (κ2) is 10.1. The minimum atomic E-state index is -2.27. The van der Waals surface area contributed by atoms with Gasteiger partial charge in [0, 0.05) is 5.69 Å². The minimum absolute atomic E-state index is 0.388. The first-order chi connectivity index (χ1) is 10.3. The molecule has 0 spiro atoms. The van der Waals surface area contributed by atoms with Gasteiger partial charge in [-0.15, -0.1) is 0 Å². The van der Waals surface area contributed by atoms with Crippen molar-refractivity contribution < 1.29 is 39.5 Å². The van der Waals surface area contributed by atoms with Crippen LogP contribution in [0.15, 0.2) is 30.3 Å². The number of nitrogens with one attached hydrogen (secondary N) is 1. The van der Waals surface area contributed by atoms with Gasteiger partial charge in [-0.05, 0) is 19.1 Å². The van der Waals surface area contributed by atoms with Gasteiger partial charge in [-0.3, -0.25) is 5.32 Å². The van der Waals surface area contributed by atoms with Crippen LogP contribution in [-0.2, 0) is 14.3 Å². The summed E-state index contributed by atoms with van der Waals surface area (Å²) in [4.78, 5) is 30.4. The summed E-state index contributed by atoms with van der Waals surface area (Å²) < 4.78 is 4.70. The van der Waals surface area contributed by atoms with Gasteiger partial charge in [-0.1, -0.05) is 18.2 Å². The lowest BCUT2D eigenvalue weighted by Crippen LogP contribution is -2.39. The summed E-state index contributed by atoms with van der Waals surface area (Å²) in [5.41, 5.74) is 0.746. The molecular formula is C13H17NO8. The Morgan fingerprint density at radius 2 is 1.50 bits per heavy atom. The Bertz CT molecular complexity index is 472. The predicted octanol–water partition coefficient (Wildman–Crippen LogP) is 0.132. The van der Waals surface area contributed by atoms with Crippen LogP contribution in [0, 0.1) is 0 Å². The van der Waals surface area contributed by atoms with E-state index in [4.69, 9.17) is 25.2 Å². The number of anilines is 1. The molecule has 0 bridgehead atoms. The van der Waals surface area contributed by atoms with Crippen LogP contribution < -0.4 is 5.32 Å². The van der Waals surface area contributed by atoms with Gasteiger partial charge < -0.3 is 25.2 Å². The molecule has 1 rings (SSSR count). The number of benzene rings is 1. The normalized spacial score (nSPS) is 12.1. The molecule has 1 amide bonds. The average Bonchev–Trinajstić information content (AvgIpc) is 2.47. The molecule has 22 heavy (non-hydrogen) atoms. The molecule has 0 aliphatic heterocycles. The van der Waals surface area contributed by atoms with Crippen molar-refractivity contribution in [3.63, 3.8) is 0 Å². The van der Waals surface area contributed by atoms with Gasteiger partial charge in [0.1, 0.15) is 0 Å². The molecule has 9 nitrogen and oxygen atoms in total. The second-order valence-corrected chi connectivity index (χ2v) is 3.78. The molecule has 2 unspecified atom stereocenters. The van der Waals surface area contributed by atoms with Crippen molar-refractivity contribution in [3.05, 3.63) is 30.3 Å². The summed E-state index contributed by atoms with van der Waals surface area (Å²) in [5, 5.41) is 35.1. The molecule has 0 aromatic heterocycles. The highest BCUT2D eigenvalue weighted by Crippen LogP contribution is 2.04. The maximum atomic E-state index is 10.9. The van der Waals surface area contributed by atoms with Gasteiger partial charge in [0.2, 0.25) is 0 Å². The molecule has 0 fully saturated rings. The van der Waals surface area contributed by atoms with E-state index in [-0.39, 0.29) is 0 Å². The Morgan fingerprint density at radius 3 is 1.86 bits per heavy atom. The fraction of sp³-hybridized carbons (Fsp3) is 0.308. The third-order valence-corrected chi connectivity index (χ3v) is 2.10. The van der Waals surface area contributed by atoms with Crippen LogP contribution in [-0.4, -0.2) is 57.3 Å². The van der Waals surface area contributed by atoms with Crippen molar-refractivity contribution in [2.24, 2.45) is 0 Å². The van der Waals surface area contributed by atoms with Gasteiger partial charge in [-0.2, -0.15) is 0 Å². The Balaban J connectivity index is 0.000000409. The number of para-hydroxylation sites is 1. The van der Waals surface area contributed by atoms with Gasteiger partial charge in [0.15, 0.2) is 12.2 Å². The molecule has 0 saturated carbocycles.